The van der Waals surface area contributed by atoms with Crippen molar-refractivity contribution in [3.05, 3.63) is 48.5 Å². The first-order chi connectivity index (χ1) is 20.6. The van der Waals surface area contributed by atoms with Crippen LogP contribution in [-0.4, -0.2) is 77.8 Å². The van der Waals surface area contributed by atoms with E-state index in [0.717, 1.165) is 18.2 Å². The van der Waals surface area contributed by atoms with Gasteiger partial charge in [-0.25, -0.2) is 0 Å². The molecule has 0 bridgehead atoms. The summed E-state index contributed by atoms with van der Waals surface area (Å²) in [4.78, 5) is -7.44. The van der Waals surface area contributed by atoms with Crippen LogP contribution in [0.5, 0.6) is 0 Å². The molecule has 0 radical (unpaired) electrons. The Morgan fingerprint density at radius 3 is 1.24 bits per heavy atom. The summed E-state index contributed by atoms with van der Waals surface area (Å²) >= 11 is 0. The minimum Gasteiger partial charge on any atom is -0.301 e. The third kappa shape index (κ3) is 7.06. The summed E-state index contributed by atoms with van der Waals surface area (Å²) in [6.07, 6.45) is 0. The molecule has 0 saturated carbocycles. The van der Waals surface area contributed by atoms with Gasteiger partial charge in [0, 0.05) is 21.5 Å². The van der Waals surface area contributed by atoms with Crippen molar-refractivity contribution in [2.24, 2.45) is 0 Å². The number of nitrogens with one attached hydrogen (secondary N) is 2. The molecule has 4 aromatic carbocycles. The van der Waals surface area contributed by atoms with Crippen LogP contribution in [0, 0.1) is 0 Å². The second-order valence-electron chi connectivity index (χ2n) is 9.05. The molecule has 0 aliphatic rings. The first-order valence-corrected chi connectivity index (χ1v) is 19.8. The van der Waals surface area contributed by atoms with Crippen LogP contribution in [-0.2, 0) is 60.7 Å². The lowest BCUT2D eigenvalue weighted by molar-refractivity contribution is 0.477. The molecule has 46 heavy (non-hydrogen) atoms. The standard InChI is InChI=1S/C20H16N2O18S6/c23-41(24,25)10-5-14-13(19(8-10)45(35,36)37)3-9(4-17(14)43(29,30)31)21-22-16-2-1-12-15(20(16)46(38,39)40)6-11(42(26,27)28)7-18(12)44(32,33)34/h1-8,21-22H,(H,23,24,25)(H,26,27,28)(H,29,30,31)(H,32,33,34)(H,35,36,37)(H,38,39,40). The molecule has 0 spiro atoms. The highest BCUT2D eigenvalue weighted by molar-refractivity contribution is 7.88. The molecule has 0 heterocycles. The third-order valence-electron chi connectivity index (χ3n) is 6.02. The molecule has 0 unspecified atom stereocenters. The maximum Gasteiger partial charge on any atom is 0.297 e. The van der Waals surface area contributed by atoms with Crippen LogP contribution in [0.15, 0.2) is 77.9 Å². The van der Waals surface area contributed by atoms with Gasteiger partial charge in [-0.2, -0.15) is 50.5 Å². The minimum absolute atomic E-state index is 0.247. The van der Waals surface area contributed by atoms with Gasteiger partial charge < -0.3 is 5.43 Å². The van der Waals surface area contributed by atoms with Gasteiger partial charge in [-0.15, -0.1) is 0 Å². The first-order valence-electron chi connectivity index (χ1n) is 11.2. The van der Waals surface area contributed by atoms with Crippen molar-refractivity contribution in [3.8, 4) is 0 Å². The van der Waals surface area contributed by atoms with Gasteiger partial charge in [0.25, 0.3) is 60.7 Å². The molecule has 4 rings (SSSR count). The van der Waals surface area contributed by atoms with Crippen LogP contribution in [0.4, 0.5) is 11.4 Å². The van der Waals surface area contributed by atoms with Gasteiger partial charge >= 0.3 is 0 Å². The van der Waals surface area contributed by atoms with E-state index in [1.165, 1.54) is 0 Å². The van der Waals surface area contributed by atoms with E-state index in [1.54, 1.807) is 0 Å². The van der Waals surface area contributed by atoms with Crippen molar-refractivity contribution < 1.29 is 77.8 Å². The van der Waals surface area contributed by atoms with Gasteiger partial charge in [0.15, 0.2) is 0 Å². The maximum atomic E-state index is 12.4. The summed E-state index contributed by atoms with van der Waals surface area (Å²) in [6, 6.07) is 4.23. The summed E-state index contributed by atoms with van der Waals surface area (Å²) in [5.74, 6) is 0. The average molecular weight is 765 g/mol. The van der Waals surface area contributed by atoms with Crippen LogP contribution < -0.4 is 10.9 Å². The molecule has 0 aliphatic heterocycles. The zero-order valence-corrected chi connectivity index (χ0v) is 26.5. The van der Waals surface area contributed by atoms with E-state index >= 15 is 0 Å². The monoisotopic (exact) mass is 764 g/mol. The molecule has 0 fully saturated rings. The van der Waals surface area contributed by atoms with Crippen molar-refractivity contribution in [2.45, 2.75) is 29.4 Å². The molecule has 0 aromatic heterocycles. The Balaban J connectivity index is 2.03. The lowest BCUT2D eigenvalue weighted by Gasteiger charge is -2.17. The van der Waals surface area contributed by atoms with E-state index in [9.17, 15) is 77.8 Å². The molecule has 250 valence electrons. The Hall–Kier alpha value is -3.54. The van der Waals surface area contributed by atoms with E-state index < -0.39 is 123 Å². The highest BCUT2D eigenvalue weighted by Crippen LogP contribution is 2.37. The molecular formula is C20H16N2O18S6. The second-order valence-corrected chi connectivity index (χ2v) is 17.4. The largest absolute Gasteiger partial charge is 0.301 e. The van der Waals surface area contributed by atoms with Gasteiger partial charge in [0.1, 0.15) is 19.6 Å². The van der Waals surface area contributed by atoms with Crippen LogP contribution in [0.2, 0.25) is 0 Å². The number of rotatable bonds is 9. The number of anilines is 2. The zero-order valence-electron chi connectivity index (χ0n) is 21.7. The molecule has 0 saturated heterocycles. The maximum absolute atomic E-state index is 12.4. The molecular weight excluding hydrogens is 749 g/mol. The van der Waals surface area contributed by atoms with Crippen molar-refractivity contribution in [2.75, 3.05) is 10.9 Å². The van der Waals surface area contributed by atoms with E-state index in [2.05, 4.69) is 10.9 Å². The molecule has 20 nitrogen and oxygen atoms in total. The Kier molecular flexibility index (Phi) is 8.46. The van der Waals surface area contributed by atoms with E-state index in [1.807, 2.05) is 0 Å². The van der Waals surface area contributed by atoms with Gasteiger partial charge in [0.05, 0.1) is 21.2 Å². The molecule has 0 aliphatic carbocycles. The Morgan fingerprint density at radius 1 is 0.391 bits per heavy atom. The Bertz CT molecular complexity index is 2670. The number of hydrazine groups is 1. The van der Waals surface area contributed by atoms with Crippen LogP contribution >= 0.6 is 0 Å². The van der Waals surface area contributed by atoms with Gasteiger partial charge in [-0.05, 0) is 42.5 Å². The Labute approximate surface area is 259 Å². The van der Waals surface area contributed by atoms with E-state index in [4.69, 9.17) is 0 Å². The number of hydrogen-bond acceptors (Lipinski definition) is 14. The highest BCUT2D eigenvalue weighted by Gasteiger charge is 2.28. The van der Waals surface area contributed by atoms with Crippen molar-refractivity contribution in [1.82, 2.24) is 0 Å². The lowest BCUT2D eigenvalue weighted by Crippen LogP contribution is -2.15. The normalized spacial score (nSPS) is 13.6. The average Bonchev–Trinajstić information content (AvgIpc) is 2.86. The third-order valence-corrected chi connectivity index (χ3v) is 11.3. The van der Waals surface area contributed by atoms with Crippen molar-refractivity contribution in [3.63, 3.8) is 0 Å². The minimum atomic E-state index is -5.48. The van der Waals surface area contributed by atoms with Crippen LogP contribution in [0.25, 0.3) is 21.5 Å². The van der Waals surface area contributed by atoms with Crippen molar-refractivity contribution in [1.29, 1.82) is 0 Å². The number of hydrogen-bond donors (Lipinski definition) is 8. The van der Waals surface area contributed by atoms with Gasteiger partial charge in [-0.3, -0.25) is 32.7 Å². The van der Waals surface area contributed by atoms with Gasteiger partial charge in [0.2, 0.25) is 0 Å². The summed E-state index contributed by atoms with van der Waals surface area (Å²) in [6.45, 7) is 0. The fourth-order valence-corrected chi connectivity index (χ4v) is 8.48. The fourth-order valence-electron chi connectivity index (χ4n) is 4.24. The lowest BCUT2D eigenvalue weighted by atomic mass is 10.1. The summed E-state index contributed by atoms with van der Waals surface area (Å²) in [7, 11) is -32.0. The smallest absolute Gasteiger partial charge is 0.297 e. The molecule has 4 aromatic rings. The predicted octanol–water partition coefficient (Wildman–Crippen LogP) is 0.912. The van der Waals surface area contributed by atoms with Crippen molar-refractivity contribution >= 4 is 93.6 Å². The number of benzene rings is 4. The van der Waals surface area contributed by atoms with E-state index in [0.29, 0.717) is 18.2 Å². The molecule has 0 amide bonds. The summed E-state index contributed by atoms with van der Waals surface area (Å²) in [5, 5.41) is -3.21. The second kappa shape index (κ2) is 11.0. The molecule has 26 heteroatoms. The topological polar surface area (TPSA) is 350 Å². The first kappa shape index (κ1) is 35.3. The molecule has 8 N–H and O–H groups in total. The SMILES string of the molecule is O=S(=O)(O)c1cc(S(=O)(=O)O)c2cc(NNc3ccc4c(S(=O)(=O)O)cc(S(=O)(=O)O)cc4c3S(=O)(=O)O)cc(S(=O)(=O)O)c2c1. The molecule has 0 atom stereocenters. The zero-order chi connectivity index (χ0) is 35.0. The van der Waals surface area contributed by atoms with Crippen LogP contribution in [0.1, 0.15) is 0 Å². The summed E-state index contributed by atoms with van der Waals surface area (Å²) in [5.41, 5.74) is 2.98. The van der Waals surface area contributed by atoms with Gasteiger partial charge in [-0.1, -0.05) is 6.07 Å². The quantitative estimate of drug-likeness (QED) is 0.0867. The van der Waals surface area contributed by atoms with E-state index in [-0.39, 0.29) is 12.1 Å². The summed E-state index contributed by atoms with van der Waals surface area (Å²) < 4.78 is 202. The fraction of sp³-hybridized carbons (Fsp3) is 0. The predicted molar refractivity (Wildman–Crippen MR) is 154 cm³/mol. The number of fused-ring (bicyclic) bond motifs is 2. The highest BCUT2D eigenvalue weighted by atomic mass is 32.2. The Morgan fingerprint density at radius 2 is 0.804 bits per heavy atom. The van der Waals surface area contributed by atoms with Crippen LogP contribution in [0.3, 0.4) is 0 Å².